The van der Waals surface area contributed by atoms with Gasteiger partial charge in [0, 0.05) is 34.3 Å². The lowest BCUT2D eigenvalue weighted by Gasteiger charge is -2.13. The molecule has 6 nitrogen and oxygen atoms in total. The van der Waals surface area contributed by atoms with Crippen molar-refractivity contribution in [3.63, 3.8) is 0 Å². The Hall–Kier alpha value is -3.14. The Balaban J connectivity index is 1.70. The van der Waals surface area contributed by atoms with Gasteiger partial charge < -0.3 is 5.11 Å². The van der Waals surface area contributed by atoms with Crippen molar-refractivity contribution in [2.45, 2.75) is 19.4 Å². The van der Waals surface area contributed by atoms with Crippen molar-refractivity contribution >= 4 is 38.7 Å². The van der Waals surface area contributed by atoms with Crippen LogP contribution in [-0.4, -0.2) is 36.1 Å². The molecular weight excluding hydrogens is 486 g/mol. The maximum absolute atomic E-state index is 15.2. The Bertz CT molecular complexity index is 1420. The SMILES string of the molecule is CC(O)CS(=O)(=O)Nc1ccc(F)c(C(=O)C2=CCc3ncc(-c4ccc(Cl)cc4)cc32)c1F. The van der Waals surface area contributed by atoms with E-state index in [9.17, 15) is 22.7 Å². The van der Waals surface area contributed by atoms with Crippen molar-refractivity contribution in [2.24, 2.45) is 0 Å². The summed E-state index contributed by atoms with van der Waals surface area (Å²) in [6, 6.07) is 10.4. The number of benzene rings is 2. The zero-order valence-corrected chi connectivity index (χ0v) is 19.4. The fourth-order valence-electron chi connectivity index (χ4n) is 3.71. The number of carbonyl (C=O) groups excluding carboxylic acids is 1. The minimum absolute atomic E-state index is 0.0695. The van der Waals surface area contributed by atoms with Crippen LogP contribution in [0.5, 0.6) is 0 Å². The van der Waals surface area contributed by atoms with Crippen LogP contribution in [0.4, 0.5) is 14.5 Å². The lowest BCUT2D eigenvalue weighted by atomic mass is 9.96. The van der Waals surface area contributed by atoms with Crippen LogP contribution in [0.1, 0.15) is 28.5 Å². The molecule has 4 rings (SSSR count). The molecule has 1 unspecified atom stereocenters. The van der Waals surface area contributed by atoms with E-state index in [-0.39, 0.29) is 5.57 Å². The second-order valence-electron chi connectivity index (χ2n) is 7.89. The summed E-state index contributed by atoms with van der Waals surface area (Å²) in [5.74, 6) is -4.09. The smallest absolute Gasteiger partial charge is 0.235 e. The molecular formula is C24H19ClF2N2O4S. The summed E-state index contributed by atoms with van der Waals surface area (Å²) in [6.45, 7) is 1.26. The van der Waals surface area contributed by atoms with E-state index in [4.69, 9.17) is 11.6 Å². The highest BCUT2D eigenvalue weighted by Crippen LogP contribution is 2.34. The molecule has 1 aliphatic rings. The Morgan fingerprint density at radius 2 is 1.88 bits per heavy atom. The van der Waals surface area contributed by atoms with Crippen LogP contribution in [0.2, 0.25) is 5.02 Å². The second-order valence-corrected chi connectivity index (χ2v) is 10.1. The van der Waals surface area contributed by atoms with E-state index in [0.29, 0.717) is 28.3 Å². The molecule has 2 aromatic carbocycles. The summed E-state index contributed by atoms with van der Waals surface area (Å²) in [5.41, 5.74) is 1.11. The molecule has 2 N–H and O–H groups in total. The van der Waals surface area contributed by atoms with Gasteiger partial charge >= 0.3 is 0 Å². The van der Waals surface area contributed by atoms with Crippen LogP contribution < -0.4 is 4.72 Å². The minimum Gasteiger partial charge on any atom is -0.392 e. The monoisotopic (exact) mass is 504 g/mol. The van der Waals surface area contributed by atoms with Crippen molar-refractivity contribution in [2.75, 3.05) is 10.5 Å². The number of rotatable bonds is 7. The number of hydrogen-bond acceptors (Lipinski definition) is 5. The summed E-state index contributed by atoms with van der Waals surface area (Å²) < 4.78 is 55.9. The lowest BCUT2D eigenvalue weighted by Crippen LogP contribution is -2.25. The van der Waals surface area contributed by atoms with E-state index in [1.54, 1.807) is 36.5 Å². The summed E-state index contributed by atoms with van der Waals surface area (Å²) in [5, 5.41) is 9.89. The predicted molar refractivity (Wildman–Crippen MR) is 126 cm³/mol. The molecule has 0 radical (unpaired) electrons. The zero-order chi connectivity index (χ0) is 24.6. The average Bonchev–Trinajstić information content (AvgIpc) is 3.18. The highest BCUT2D eigenvalue weighted by Gasteiger charge is 2.29. The van der Waals surface area contributed by atoms with Crippen molar-refractivity contribution in [1.82, 2.24) is 4.98 Å². The number of fused-ring (bicyclic) bond motifs is 1. The van der Waals surface area contributed by atoms with Crippen molar-refractivity contribution < 1.29 is 27.1 Å². The number of pyridine rings is 1. The minimum atomic E-state index is -4.13. The fraction of sp³-hybridized carbons (Fsp3) is 0.167. The van der Waals surface area contributed by atoms with Gasteiger partial charge in [-0.15, -0.1) is 0 Å². The fourth-order valence-corrected chi connectivity index (χ4v) is 5.05. The van der Waals surface area contributed by atoms with Crippen molar-refractivity contribution in [1.29, 1.82) is 0 Å². The molecule has 176 valence electrons. The van der Waals surface area contributed by atoms with Crippen LogP contribution >= 0.6 is 11.6 Å². The number of Topliss-reactive ketones (excluding diaryl/α,β-unsaturated/α-hetero) is 1. The van der Waals surface area contributed by atoms with E-state index in [0.717, 1.165) is 17.7 Å². The highest BCUT2D eigenvalue weighted by atomic mass is 35.5. The lowest BCUT2D eigenvalue weighted by molar-refractivity contribution is 0.104. The van der Waals surface area contributed by atoms with Crippen LogP contribution in [-0.2, 0) is 16.4 Å². The molecule has 10 heteroatoms. The normalized spacial score (nSPS) is 13.9. The summed E-state index contributed by atoms with van der Waals surface area (Å²) in [4.78, 5) is 17.6. The standard InChI is InChI=1S/C24H19ClF2N2O4S/c1-13(30)12-34(32,33)29-21-9-7-19(26)22(23(21)27)24(31)17-6-8-20-18(17)10-15(11-28-20)14-2-4-16(25)5-3-14/h2-7,9-11,13,29-30H,8,12H2,1H3. The van der Waals surface area contributed by atoms with Crippen LogP contribution in [0.15, 0.2) is 54.7 Å². The Morgan fingerprint density at radius 1 is 1.18 bits per heavy atom. The molecule has 0 bridgehead atoms. The summed E-state index contributed by atoms with van der Waals surface area (Å²) >= 11 is 5.94. The van der Waals surface area contributed by atoms with E-state index in [1.165, 1.54) is 13.0 Å². The number of ketones is 1. The number of carbonyl (C=O) groups is 1. The van der Waals surface area contributed by atoms with Gasteiger partial charge in [0.25, 0.3) is 0 Å². The second kappa shape index (κ2) is 9.25. The molecule has 3 aromatic rings. The van der Waals surface area contributed by atoms with Gasteiger partial charge in [0.15, 0.2) is 11.6 Å². The summed E-state index contributed by atoms with van der Waals surface area (Å²) in [7, 11) is -4.13. The molecule has 0 saturated carbocycles. The molecule has 1 aliphatic carbocycles. The van der Waals surface area contributed by atoms with Gasteiger partial charge in [0.1, 0.15) is 5.82 Å². The van der Waals surface area contributed by atoms with Crippen molar-refractivity contribution in [3.05, 3.63) is 88.2 Å². The number of anilines is 1. The number of nitrogens with one attached hydrogen (secondary N) is 1. The molecule has 0 spiro atoms. The Morgan fingerprint density at radius 3 is 2.56 bits per heavy atom. The molecule has 1 heterocycles. The van der Waals surface area contributed by atoms with Gasteiger partial charge in [0.2, 0.25) is 10.0 Å². The molecule has 34 heavy (non-hydrogen) atoms. The first kappa shape index (κ1) is 24.0. The molecule has 0 amide bonds. The van der Waals surface area contributed by atoms with Gasteiger partial charge in [0.05, 0.1) is 28.8 Å². The van der Waals surface area contributed by atoms with Crippen LogP contribution in [0, 0.1) is 11.6 Å². The summed E-state index contributed by atoms with van der Waals surface area (Å²) in [6.07, 6.45) is 2.28. The third kappa shape index (κ3) is 4.86. The van der Waals surface area contributed by atoms with Gasteiger partial charge in [-0.05, 0) is 42.8 Å². The van der Waals surface area contributed by atoms with Gasteiger partial charge in [-0.3, -0.25) is 14.5 Å². The number of aliphatic hydroxyl groups excluding tert-OH is 1. The van der Waals surface area contributed by atoms with Gasteiger partial charge in [-0.25, -0.2) is 17.2 Å². The number of allylic oxidation sites excluding steroid dienone is 2. The maximum Gasteiger partial charge on any atom is 0.235 e. The number of nitrogens with zero attached hydrogens (tertiary/aromatic N) is 1. The topological polar surface area (TPSA) is 96.4 Å². The molecule has 1 atom stereocenters. The predicted octanol–water partition coefficient (Wildman–Crippen LogP) is 4.63. The van der Waals surface area contributed by atoms with Crippen LogP contribution in [0.3, 0.4) is 0 Å². The largest absolute Gasteiger partial charge is 0.392 e. The first-order valence-corrected chi connectivity index (χ1v) is 12.3. The third-order valence-electron chi connectivity index (χ3n) is 5.23. The Kier molecular flexibility index (Phi) is 6.53. The maximum atomic E-state index is 15.2. The Labute approximate surface area is 200 Å². The van der Waals surface area contributed by atoms with E-state index < -0.39 is 50.5 Å². The van der Waals surface area contributed by atoms with Crippen molar-refractivity contribution in [3.8, 4) is 11.1 Å². The van der Waals surface area contributed by atoms with E-state index >= 15 is 4.39 Å². The number of sulfonamides is 1. The average molecular weight is 505 g/mol. The molecule has 0 aliphatic heterocycles. The van der Waals surface area contributed by atoms with E-state index in [1.807, 2.05) is 4.72 Å². The first-order chi connectivity index (χ1) is 16.1. The molecule has 0 saturated heterocycles. The van der Waals surface area contributed by atoms with E-state index in [2.05, 4.69) is 4.98 Å². The number of aromatic nitrogens is 1. The highest BCUT2D eigenvalue weighted by molar-refractivity contribution is 7.92. The number of aliphatic hydroxyl groups is 1. The number of hydrogen-bond donors (Lipinski definition) is 2. The molecule has 1 aromatic heterocycles. The van der Waals surface area contributed by atoms with Gasteiger partial charge in [-0.2, -0.15) is 0 Å². The molecule has 0 fully saturated rings. The first-order valence-electron chi connectivity index (χ1n) is 10.2. The van der Waals surface area contributed by atoms with Crippen LogP contribution in [0.25, 0.3) is 16.7 Å². The number of halogens is 3. The van der Waals surface area contributed by atoms with Gasteiger partial charge in [-0.1, -0.05) is 29.8 Å². The zero-order valence-electron chi connectivity index (χ0n) is 17.8. The third-order valence-corrected chi connectivity index (χ3v) is 6.93. The quantitative estimate of drug-likeness (QED) is 0.457.